The molecule has 0 saturated carbocycles. The van der Waals surface area contributed by atoms with Crippen LogP contribution in [-0.4, -0.2) is 12.4 Å². The molecule has 3 aromatic carbocycles. The molecule has 0 aliphatic carbocycles. The van der Waals surface area contributed by atoms with Crippen LogP contribution < -0.4 is 0 Å². The largest absolute Gasteiger partial charge is 0.369 e. The monoisotopic (exact) mass is 392 g/mol. The molecule has 28 heavy (non-hydrogen) atoms. The topological polar surface area (TPSA) is 26.3 Å². The number of rotatable bonds is 9. The number of aryl methyl sites for hydroxylation is 1. The molecule has 0 saturated heterocycles. The van der Waals surface area contributed by atoms with Gasteiger partial charge in [-0.1, -0.05) is 83.9 Å². The zero-order valence-electron chi connectivity index (χ0n) is 16.1. The first-order chi connectivity index (χ1) is 13.6. The van der Waals surface area contributed by atoms with Gasteiger partial charge in [-0.15, -0.1) is 0 Å². The molecule has 0 aromatic heterocycles. The van der Waals surface area contributed by atoms with Gasteiger partial charge in [0.2, 0.25) is 0 Å². The number of hydrogen-bond donors (Lipinski definition) is 0. The van der Waals surface area contributed by atoms with Crippen molar-refractivity contribution in [2.75, 3.05) is 6.61 Å². The fourth-order valence-electron chi connectivity index (χ4n) is 3.12. The molecule has 0 radical (unpaired) electrons. The standard InChI is InChI=1S/C25H25ClO2/c1-19-10-12-20(13-11-19)24(27)9-5-6-18-28-25(21-7-3-2-4-8-21)22-14-16-23(26)17-15-22/h2-4,7-8,10-17,25H,5-6,9,18H2,1H3. The van der Waals surface area contributed by atoms with Crippen molar-refractivity contribution >= 4 is 17.4 Å². The smallest absolute Gasteiger partial charge is 0.162 e. The van der Waals surface area contributed by atoms with Crippen LogP contribution in [-0.2, 0) is 4.74 Å². The number of benzene rings is 3. The average molecular weight is 393 g/mol. The fourth-order valence-corrected chi connectivity index (χ4v) is 3.25. The van der Waals surface area contributed by atoms with Crippen molar-refractivity contribution in [3.05, 3.63) is 106 Å². The molecule has 144 valence electrons. The number of carbonyl (C=O) groups excluding carboxylic acids is 1. The quantitative estimate of drug-likeness (QED) is 0.295. The summed E-state index contributed by atoms with van der Waals surface area (Å²) in [6.45, 7) is 2.62. The predicted molar refractivity (Wildman–Crippen MR) is 115 cm³/mol. The normalized spacial score (nSPS) is 11.9. The predicted octanol–water partition coefficient (Wildman–Crippen LogP) is 6.81. The Morgan fingerprint density at radius 3 is 2.18 bits per heavy atom. The SMILES string of the molecule is Cc1ccc(C(=O)CCCCOC(c2ccccc2)c2ccc(Cl)cc2)cc1. The summed E-state index contributed by atoms with van der Waals surface area (Å²) >= 11 is 6.02. The summed E-state index contributed by atoms with van der Waals surface area (Å²) in [5.74, 6) is 0.192. The highest BCUT2D eigenvalue weighted by atomic mass is 35.5. The zero-order chi connectivity index (χ0) is 19.8. The lowest BCUT2D eigenvalue weighted by atomic mass is 10.0. The molecule has 0 aliphatic heterocycles. The molecule has 0 heterocycles. The van der Waals surface area contributed by atoms with Gasteiger partial charge in [0.05, 0.1) is 0 Å². The van der Waals surface area contributed by atoms with E-state index in [1.54, 1.807) is 0 Å². The van der Waals surface area contributed by atoms with Crippen molar-refractivity contribution in [2.45, 2.75) is 32.3 Å². The maximum atomic E-state index is 12.3. The zero-order valence-corrected chi connectivity index (χ0v) is 16.9. The summed E-state index contributed by atoms with van der Waals surface area (Å²) in [6.07, 6.45) is 2.07. The van der Waals surface area contributed by atoms with E-state index in [2.05, 4.69) is 12.1 Å². The van der Waals surface area contributed by atoms with Crippen molar-refractivity contribution < 1.29 is 9.53 Å². The van der Waals surface area contributed by atoms with Crippen LogP contribution in [0.5, 0.6) is 0 Å². The highest BCUT2D eigenvalue weighted by Gasteiger charge is 2.14. The summed E-state index contributed by atoms with van der Waals surface area (Å²) < 4.78 is 6.20. The minimum Gasteiger partial charge on any atom is -0.369 e. The lowest BCUT2D eigenvalue weighted by Gasteiger charge is -2.19. The minimum absolute atomic E-state index is 0.133. The van der Waals surface area contributed by atoms with Crippen molar-refractivity contribution in [2.24, 2.45) is 0 Å². The van der Waals surface area contributed by atoms with E-state index in [1.807, 2.05) is 73.7 Å². The highest BCUT2D eigenvalue weighted by molar-refractivity contribution is 6.30. The Balaban J connectivity index is 1.53. The van der Waals surface area contributed by atoms with E-state index in [4.69, 9.17) is 16.3 Å². The molecule has 0 bridgehead atoms. The summed E-state index contributed by atoms with van der Waals surface area (Å²) in [5, 5.41) is 0.713. The molecule has 3 aromatic rings. The molecular formula is C25H25ClO2. The van der Waals surface area contributed by atoms with Gasteiger partial charge in [0.25, 0.3) is 0 Å². The van der Waals surface area contributed by atoms with Gasteiger partial charge in [-0.05, 0) is 43.0 Å². The lowest BCUT2D eigenvalue weighted by Crippen LogP contribution is -2.08. The summed E-state index contributed by atoms with van der Waals surface area (Å²) in [7, 11) is 0. The third-order valence-electron chi connectivity index (χ3n) is 4.73. The Kier molecular flexibility index (Phi) is 7.41. The molecule has 1 atom stereocenters. The van der Waals surface area contributed by atoms with E-state index >= 15 is 0 Å². The van der Waals surface area contributed by atoms with E-state index in [0.29, 0.717) is 18.1 Å². The maximum Gasteiger partial charge on any atom is 0.162 e. The molecule has 0 spiro atoms. The number of halogens is 1. The van der Waals surface area contributed by atoms with Gasteiger partial charge >= 0.3 is 0 Å². The minimum atomic E-state index is -0.133. The van der Waals surface area contributed by atoms with Crippen LogP contribution in [0.3, 0.4) is 0 Å². The van der Waals surface area contributed by atoms with Gasteiger partial charge in [0, 0.05) is 23.6 Å². The molecule has 0 fully saturated rings. The van der Waals surface area contributed by atoms with Crippen LogP contribution in [0.4, 0.5) is 0 Å². The molecule has 3 rings (SSSR count). The van der Waals surface area contributed by atoms with Crippen molar-refractivity contribution in [1.29, 1.82) is 0 Å². The second-order valence-corrected chi connectivity index (χ2v) is 7.40. The number of hydrogen-bond acceptors (Lipinski definition) is 2. The number of carbonyl (C=O) groups is 1. The molecule has 2 nitrogen and oxygen atoms in total. The van der Waals surface area contributed by atoms with E-state index in [-0.39, 0.29) is 11.9 Å². The van der Waals surface area contributed by atoms with Crippen LogP contribution >= 0.6 is 11.6 Å². The summed E-state index contributed by atoms with van der Waals surface area (Å²) in [6, 6.07) is 25.7. The van der Waals surface area contributed by atoms with Crippen LogP contribution in [0.15, 0.2) is 78.9 Å². The van der Waals surface area contributed by atoms with Gasteiger partial charge < -0.3 is 4.74 Å². The first kappa shape index (κ1) is 20.3. The highest BCUT2D eigenvalue weighted by Crippen LogP contribution is 2.27. The fraction of sp³-hybridized carbons (Fsp3) is 0.240. The lowest BCUT2D eigenvalue weighted by molar-refractivity contribution is 0.0758. The molecule has 0 aliphatic rings. The Hall–Kier alpha value is -2.42. The van der Waals surface area contributed by atoms with Gasteiger partial charge in [-0.25, -0.2) is 0 Å². The second-order valence-electron chi connectivity index (χ2n) is 6.96. The van der Waals surface area contributed by atoms with Crippen LogP contribution in [0.25, 0.3) is 0 Å². The summed E-state index contributed by atoms with van der Waals surface area (Å²) in [4.78, 5) is 12.3. The van der Waals surface area contributed by atoms with Gasteiger partial charge in [-0.2, -0.15) is 0 Å². The van der Waals surface area contributed by atoms with E-state index in [1.165, 1.54) is 5.56 Å². The second kappa shape index (κ2) is 10.2. The molecule has 1 unspecified atom stereocenters. The van der Waals surface area contributed by atoms with Gasteiger partial charge in [0.1, 0.15) is 6.10 Å². The Morgan fingerprint density at radius 2 is 1.50 bits per heavy atom. The van der Waals surface area contributed by atoms with E-state index in [9.17, 15) is 4.79 Å². The molecular weight excluding hydrogens is 368 g/mol. The van der Waals surface area contributed by atoms with Gasteiger partial charge in [0.15, 0.2) is 5.78 Å². The third kappa shape index (κ3) is 5.79. The van der Waals surface area contributed by atoms with Crippen molar-refractivity contribution in [3.63, 3.8) is 0 Å². The summed E-state index contributed by atoms with van der Waals surface area (Å²) in [5.41, 5.74) is 4.14. The van der Waals surface area contributed by atoms with Crippen LogP contribution in [0, 0.1) is 6.92 Å². The molecule has 0 amide bonds. The molecule has 0 N–H and O–H groups in total. The Labute approximate surface area is 172 Å². The van der Waals surface area contributed by atoms with Crippen molar-refractivity contribution in [3.8, 4) is 0 Å². The number of Topliss-reactive ketones (excluding diaryl/α,β-unsaturated/α-hetero) is 1. The van der Waals surface area contributed by atoms with Gasteiger partial charge in [-0.3, -0.25) is 4.79 Å². The first-order valence-corrected chi connectivity index (χ1v) is 10.0. The van der Waals surface area contributed by atoms with Crippen LogP contribution in [0.1, 0.15) is 52.4 Å². The van der Waals surface area contributed by atoms with Crippen molar-refractivity contribution in [1.82, 2.24) is 0 Å². The molecule has 3 heteroatoms. The van der Waals surface area contributed by atoms with E-state index in [0.717, 1.165) is 29.5 Å². The van der Waals surface area contributed by atoms with Crippen LogP contribution in [0.2, 0.25) is 5.02 Å². The number of unbranched alkanes of at least 4 members (excludes halogenated alkanes) is 1. The number of ketones is 1. The maximum absolute atomic E-state index is 12.3. The number of ether oxygens (including phenoxy) is 1. The Morgan fingerprint density at radius 1 is 0.857 bits per heavy atom. The average Bonchev–Trinajstić information content (AvgIpc) is 2.72. The van der Waals surface area contributed by atoms with E-state index < -0.39 is 0 Å². The first-order valence-electron chi connectivity index (χ1n) is 9.65. The Bertz CT molecular complexity index is 871. The third-order valence-corrected chi connectivity index (χ3v) is 4.98.